The van der Waals surface area contributed by atoms with Gasteiger partial charge in [-0.05, 0) is 30.7 Å². The van der Waals surface area contributed by atoms with Gasteiger partial charge in [0.2, 0.25) is 5.91 Å². The summed E-state index contributed by atoms with van der Waals surface area (Å²) in [6.45, 7) is 0.673. The summed E-state index contributed by atoms with van der Waals surface area (Å²) in [6, 6.07) is 10.9. The number of likely N-dealkylation sites (N-methyl/N-ethyl adjacent to an activating group) is 1. The number of carbonyl (C=O) groups excluding carboxylic acids is 1. The lowest BCUT2D eigenvalue weighted by atomic mass is 10.2. The molecule has 0 saturated carbocycles. The SMILES string of the molecule is CN(c1ccn(C)n1)C1CCN(c2ccc(C#N)cc2)C1=O. The Labute approximate surface area is 129 Å². The number of nitrogens with zero attached hydrogens (tertiary/aromatic N) is 5. The molecule has 6 heteroatoms. The highest BCUT2D eigenvalue weighted by Gasteiger charge is 2.36. The van der Waals surface area contributed by atoms with Crippen LogP contribution in [0.25, 0.3) is 0 Å². The predicted octanol–water partition coefficient (Wildman–Crippen LogP) is 1.53. The molecule has 1 aliphatic rings. The summed E-state index contributed by atoms with van der Waals surface area (Å²) < 4.78 is 1.73. The number of nitriles is 1. The molecule has 0 bridgehead atoms. The molecule has 1 fully saturated rings. The van der Waals surface area contributed by atoms with E-state index in [0.717, 1.165) is 17.9 Å². The summed E-state index contributed by atoms with van der Waals surface area (Å²) >= 11 is 0. The number of hydrogen-bond donors (Lipinski definition) is 0. The summed E-state index contributed by atoms with van der Waals surface area (Å²) in [7, 11) is 3.75. The van der Waals surface area contributed by atoms with Gasteiger partial charge in [0.1, 0.15) is 6.04 Å². The highest BCUT2D eigenvalue weighted by molar-refractivity contribution is 6.01. The van der Waals surface area contributed by atoms with Crippen LogP contribution in [0.2, 0.25) is 0 Å². The summed E-state index contributed by atoms with van der Waals surface area (Å²) in [4.78, 5) is 16.4. The molecule has 1 amide bonds. The molecule has 1 atom stereocenters. The molecule has 0 spiro atoms. The smallest absolute Gasteiger partial charge is 0.249 e. The van der Waals surface area contributed by atoms with E-state index in [2.05, 4.69) is 11.2 Å². The van der Waals surface area contributed by atoms with Gasteiger partial charge in [0.15, 0.2) is 5.82 Å². The van der Waals surface area contributed by atoms with E-state index in [1.165, 1.54) is 0 Å². The molecule has 1 aliphatic heterocycles. The van der Waals surface area contributed by atoms with E-state index in [1.54, 1.807) is 21.7 Å². The minimum absolute atomic E-state index is 0.0675. The maximum absolute atomic E-state index is 12.7. The van der Waals surface area contributed by atoms with Gasteiger partial charge in [-0.25, -0.2) is 0 Å². The first-order valence-electron chi connectivity index (χ1n) is 7.14. The van der Waals surface area contributed by atoms with Crippen molar-refractivity contribution in [3.05, 3.63) is 42.1 Å². The lowest BCUT2D eigenvalue weighted by Crippen LogP contribution is -2.40. The van der Waals surface area contributed by atoms with Crippen LogP contribution in [-0.4, -0.2) is 35.3 Å². The van der Waals surface area contributed by atoms with Crippen molar-refractivity contribution in [1.82, 2.24) is 9.78 Å². The van der Waals surface area contributed by atoms with E-state index < -0.39 is 0 Å². The standard InChI is InChI=1S/C16H17N5O/c1-19-9-8-15(18-19)20(2)14-7-10-21(16(14)22)13-5-3-12(11-17)4-6-13/h3-6,8-9,14H,7,10H2,1-2H3. The van der Waals surface area contributed by atoms with Crippen LogP contribution >= 0.6 is 0 Å². The molecule has 0 N–H and O–H groups in total. The van der Waals surface area contributed by atoms with Crippen LogP contribution in [0.1, 0.15) is 12.0 Å². The molecule has 2 heterocycles. The second kappa shape index (κ2) is 5.53. The quantitative estimate of drug-likeness (QED) is 0.861. The van der Waals surface area contributed by atoms with E-state index in [1.807, 2.05) is 43.4 Å². The number of benzene rings is 1. The number of rotatable bonds is 3. The first-order chi connectivity index (χ1) is 10.6. The highest BCUT2D eigenvalue weighted by Crippen LogP contribution is 2.26. The third-order valence-electron chi connectivity index (χ3n) is 4.01. The lowest BCUT2D eigenvalue weighted by Gasteiger charge is -2.23. The van der Waals surface area contributed by atoms with Gasteiger partial charge in [-0.3, -0.25) is 9.48 Å². The number of amides is 1. The van der Waals surface area contributed by atoms with E-state index >= 15 is 0 Å². The van der Waals surface area contributed by atoms with Crippen LogP contribution in [0.5, 0.6) is 0 Å². The van der Waals surface area contributed by atoms with Gasteiger partial charge in [-0.2, -0.15) is 10.4 Å². The van der Waals surface area contributed by atoms with E-state index in [0.29, 0.717) is 12.1 Å². The zero-order valence-corrected chi connectivity index (χ0v) is 12.6. The minimum Gasteiger partial charge on any atom is -0.346 e. The molecule has 1 aromatic carbocycles. The van der Waals surface area contributed by atoms with Gasteiger partial charge in [-0.1, -0.05) is 0 Å². The van der Waals surface area contributed by atoms with Crippen LogP contribution in [0, 0.1) is 11.3 Å². The summed E-state index contributed by atoms with van der Waals surface area (Å²) in [5, 5.41) is 13.2. The first kappa shape index (κ1) is 14.1. The minimum atomic E-state index is -0.203. The Hall–Kier alpha value is -2.81. The Morgan fingerprint density at radius 3 is 2.64 bits per heavy atom. The Morgan fingerprint density at radius 2 is 2.05 bits per heavy atom. The fourth-order valence-electron chi connectivity index (χ4n) is 2.75. The third-order valence-corrected chi connectivity index (χ3v) is 4.01. The number of anilines is 2. The molecule has 0 aliphatic carbocycles. The highest BCUT2D eigenvalue weighted by atomic mass is 16.2. The van der Waals surface area contributed by atoms with Crippen molar-refractivity contribution in [3.63, 3.8) is 0 Å². The van der Waals surface area contributed by atoms with Crippen LogP contribution in [0.3, 0.4) is 0 Å². The number of aromatic nitrogens is 2. The number of aryl methyl sites for hydroxylation is 1. The molecular formula is C16H17N5O. The van der Waals surface area contributed by atoms with Crippen molar-refractivity contribution >= 4 is 17.4 Å². The molecule has 1 aromatic heterocycles. The lowest BCUT2D eigenvalue weighted by molar-refractivity contribution is -0.118. The van der Waals surface area contributed by atoms with Crippen molar-refractivity contribution in [2.45, 2.75) is 12.5 Å². The molecule has 1 saturated heterocycles. The molecule has 2 aromatic rings. The van der Waals surface area contributed by atoms with Crippen LogP contribution in [-0.2, 0) is 11.8 Å². The zero-order chi connectivity index (χ0) is 15.7. The van der Waals surface area contributed by atoms with Gasteiger partial charge in [-0.15, -0.1) is 0 Å². The third kappa shape index (κ3) is 2.42. The summed E-state index contributed by atoms with van der Waals surface area (Å²) in [5.41, 5.74) is 1.43. The topological polar surface area (TPSA) is 65.2 Å². The average Bonchev–Trinajstić information content (AvgIpc) is 3.13. The van der Waals surface area contributed by atoms with E-state index in [-0.39, 0.29) is 11.9 Å². The van der Waals surface area contributed by atoms with Crippen LogP contribution < -0.4 is 9.80 Å². The van der Waals surface area contributed by atoms with Gasteiger partial charge >= 0.3 is 0 Å². The molecular weight excluding hydrogens is 278 g/mol. The first-order valence-corrected chi connectivity index (χ1v) is 7.14. The molecule has 22 heavy (non-hydrogen) atoms. The maximum Gasteiger partial charge on any atom is 0.249 e. The Bertz CT molecular complexity index is 728. The van der Waals surface area contributed by atoms with Gasteiger partial charge < -0.3 is 9.80 Å². The fraction of sp³-hybridized carbons (Fsp3) is 0.312. The van der Waals surface area contributed by atoms with Crippen molar-refractivity contribution in [1.29, 1.82) is 5.26 Å². The van der Waals surface area contributed by atoms with Crippen molar-refractivity contribution in [3.8, 4) is 6.07 Å². The monoisotopic (exact) mass is 295 g/mol. The molecule has 6 nitrogen and oxygen atoms in total. The van der Waals surface area contributed by atoms with Gasteiger partial charge in [0, 0.05) is 38.6 Å². The number of hydrogen-bond acceptors (Lipinski definition) is 4. The van der Waals surface area contributed by atoms with Crippen molar-refractivity contribution in [2.75, 3.05) is 23.4 Å². The molecule has 112 valence electrons. The van der Waals surface area contributed by atoms with Crippen LogP contribution in [0.4, 0.5) is 11.5 Å². The fourth-order valence-corrected chi connectivity index (χ4v) is 2.75. The molecule has 3 rings (SSSR count). The normalized spacial score (nSPS) is 17.6. The summed E-state index contributed by atoms with van der Waals surface area (Å²) in [5.74, 6) is 0.861. The largest absolute Gasteiger partial charge is 0.346 e. The van der Waals surface area contributed by atoms with E-state index in [9.17, 15) is 4.79 Å². The van der Waals surface area contributed by atoms with Crippen molar-refractivity contribution < 1.29 is 4.79 Å². The van der Waals surface area contributed by atoms with Crippen LogP contribution in [0.15, 0.2) is 36.5 Å². The Balaban J connectivity index is 1.78. The number of carbonyl (C=O) groups is 1. The van der Waals surface area contributed by atoms with Crippen molar-refractivity contribution in [2.24, 2.45) is 7.05 Å². The van der Waals surface area contributed by atoms with Gasteiger partial charge in [0.25, 0.3) is 0 Å². The second-order valence-corrected chi connectivity index (χ2v) is 5.41. The molecule has 1 unspecified atom stereocenters. The Kier molecular flexibility index (Phi) is 3.55. The second-order valence-electron chi connectivity index (χ2n) is 5.41. The van der Waals surface area contributed by atoms with E-state index in [4.69, 9.17) is 5.26 Å². The Morgan fingerprint density at radius 1 is 1.32 bits per heavy atom. The average molecular weight is 295 g/mol. The van der Waals surface area contributed by atoms with Gasteiger partial charge in [0.05, 0.1) is 11.6 Å². The zero-order valence-electron chi connectivity index (χ0n) is 12.6. The predicted molar refractivity (Wildman–Crippen MR) is 83.5 cm³/mol. The maximum atomic E-state index is 12.7. The summed E-state index contributed by atoms with van der Waals surface area (Å²) in [6.07, 6.45) is 2.62. The molecule has 0 radical (unpaired) electrons.